The van der Waals surface area contributed by atoms with Gasteiger partial charge in [0.05, 0.1) is 0 Å². The lowest BCUT2D eigenvalue weighted by molar-refractivity contribution is 0.590. The van der Waals surface area contributed by atoms with E-state index in [2.05, 4.69) is 26.0 Å². The fraction of sp³-hybridized carbons (Fsp3) is 0.500. The summed E-state index contributed by atoms with van der Waals surface area (Å²) in [5, 5.41) is 3.49. The summed E-state index contributed by atoms with van der Waals surface area (Å²) in [5.74, 6) is 0. The summed E-state index contributed by atoms with van der Waals surface area (Å²) in [4.78, 5) is 3.66. The molecule has 11 heavy (non-hydrogen) atoms. The van der Waals surface area contributed by atoms with Gasteiger partial charge in [-0.2, -0.15) is 4.98 Å². The molecule has 0 aliphatic rings. The molecular weight excluding hydrogens is 234 g/mol. The Morgan fingerprint density at radius 1 is 1.55 bits per heavy atom. The van der Waals surface area contributed by atoms with Crippen LogP contribution in [0.25, 0.3) is 0 Å². The van der Waals surface area contributed by atoms with Crippen LogP contribution >= 0.6 is 15.9 Å². The molecule has 0 bridgehead atoms. The van der Waals surface area contributed by atoms with Crippen LogP contribution in [0.15, 0.2) is 9.89 Å². The third kappa shape index (κ3) is 1.78. The summed E-state index contributed by atoms with van der Waals surface area (Å²) >= 11 is 3.03. The highest BCUT2D eigenvalue weighted by atomic mass is 79.9. The van der Waals surface area contributed by atoms with Gasteiger partial charge in [0.2, 0.25) is 9.84 Å². The molecule has 0 unspecified atom stereocenters. The average molecular weight is 240 g/mol. The highest BCUT2D eigenvalue weighted by molar-refractivity contribution is 9.10. The minimum absolute atomic E-state index is 0.160. The molecule has 62 valence electrons. The predicted octanol–water partition coefficient (Wildman–Crippen LogP) is -0.0189. The topological polar surface area (TPSA) is 64.8 Å². The van der Waals surface area contributed by atoms with Crippen LogP contribution in [0.2, 0.25) is 0 Å². The van der Waals surface area contributed by atoms with Crippen molar-refractivity contribution in [1.29, 1.82) is 0 Å². The van der Waals surface area contributed by atoms with Gasteiger partial charge >= 0.3 is 0 Å². The maximum atomic E-state index is 10.8. The Hall–Kier alpha value is -0.430. The Morgan fingerprint density at radius 3 is 2.27 bits per heavy atom. The molecule has 1 aromatic heterocycles. The highest BCUT2D eigenvalue weighted by Crippen LogP contribution is 2.08. The first kappa shape index (κ1) is 8.66. The van der Waals surface area contributed by atoms with E-state index < -0.39 is 9.84 Å². The molecule has 0 aromatic carbocycles. The summed E-state index contributed by atoms with van der Waals surface area (Å²) in [7, 11) is -1.67. The van der Waals surface area contributed by atoms with Crippen LogP contribution in [0.4, 0.5) is 0 Å². The lowest BCUT2D eigenvalue weighted by Crippen LogP contribution is -2.00. The molecule has 5 nitrogen and oxygen atoms in total. The Balaban J connectivity index is 3.29. The quantitative estimate of drug-likeness (QED) is 0.692. The number of hydrogen-bond acceptors (Lipinski definition) is 4. The number of hydrogen-bond donors (Lipinski definition) is 0. The van der Waals surface area contributed by atoms with Gasteiger partial charge in [-0.3, -0.25) is 0 Å². The van der Waals surface area contributed by atoms with Crippen molar-refractivity contribution in [3.05, 3.63) is 4.73 Å². The first-order valence-electron chi connectivity index (χ1n) is 2.68. The molecule has 0 fully saturated rings. The van der Waals surface area contributed by atoms with Crippen LogP contribution in [0.5, 0.6) is 0 Å². The van der Waals surface area contributed by atoms with E-state index in [1.165, 1.54) is 4.68 Å². The van der Waals surface area contributed by atoms with Gasteiger partial charge < -0.3 is 0 Å². The van der Waals surface area contributed by atoms with Gasteiger partial charge in [0.1, 0.15) is 0 Å². The van der Waals surface area contributed by atoms with E-state index in [0.29, 0.717) is 4.73 Å². The van der Waals surface area contributed by atoms with E-state index in [1.807, 2.05) is 0 Å². The minimum Gasteiger partial charge on any atom is -0.242 e. The molecule has 0 spiro atoms. The van der Waals surface area contributed by atoms with Crippen molar-refractivity contribution in [1.82, 2.24) is 14.8 Å². The summed E-state index contributed by atoms with van der Waals surface area (Å²) < 4.78 is 23.4. The molecule has 0 atom stereocenters. The van der Waals surface area contributed by atoms with E-state index in [4.69, 9.17) is 0 Å². The van der Waals surface area contributed by atoms with E-state index in [9.17, 15) is 8.42 Å². The number of aryl methyl sites for hydroxylation is 1. The molecule has 0 radical (unpaired) electrons. The maximum Gasteiger partial charge on any atom is 0.267 e. The van der Waals surface area contributed by atoms with Crippen molar-refractivity contribution >= 4 is 25.8 Å². The smallest absolute Gasteiger partial charge is 0.242 e. The summed E-state index contributed by atoms with van der Waals surface area (Å²) in [6.07, 6.45) is 1.06. The van der Waals surface area contributed by atoms with Crippen molar-refractivity contribution in [2.24, 2.45) is 7.05 Å². The van der Waals surface area contributed by atoms with Gasteiger partial charge in [-0.05, 0) is 15.9 Å². The van der Waals surface area contributed by atoms with Crippen molar-refractivity contribution in [2.75, 3.05) is 6.26 Å². The molecule has 0 amide bonds. The summed E-state index contributed by atoms with van der Waals surface area (Å²) in [6.45, 7) is 0. The Bertz CT molecular complexity index is 349. The standard InChI is InChI=1S/C4H6BrN3O2S/c1-8-3(5)6-4(7-8)11(2,9)10/h1-2H3. The second-order valence-corrected chi connectivity index (χ2v) is 4.68. The fourth-order valence-corrected chi connectivity index (χ4v) is 1.39. The SMILES string of the molecule is Cn1nc(S(C)(=O)=O)nc1Br. The molecule has 0 saturated carbocycles. The highest BCUT2D eigenvalue weighted by Gasteiger charge is 2.14. The largest absolute Gasteiger partial charge is 0.267 e. The second-order valence-electron chi connectivity index (χ2n) is 2.06. The van der Waals surface area contributed by atoms with E-state index in [-0.39, 0.29) is 5.16 Å². The van der Waals surface area contributed by atoms with Gasteiger partial charge in [-0.15, -0.1) is 5.10 Å². The van der Waals surface area contributed by atoms with Crippen LogP contribution in [0.3, 0.4) is 0 Å². The van der Waals surface area contributed by atoms with Gasteiger partial charge in [0.15, 0.2) is 4.73 Å². The zero-order chi connectivity index (χ0) is 8.65. The molecule has 0 aliphatic carbocycles. The monoisotopic (exact) mass is 239 g/mol. The molecule has 0 aliphatic heterocycles. The zero-order valence-corrected chi connectivity index (χ0v) is 8.35. The minimum atomic E-state index is -3.28. The number of rotatable bonds is 1. The van der Waals surface area contributed by atoms with E-state index >= 15 is 0 Å². The Kier molecular flexibility index (Phi) is 2.02. The predicted molar refractivity (Wildman–Crippen MR) is 41.8 cm³/mol. The van der Waals surface area contributed by atoms with Crippen molar-refractivity contribution in [2.45, 2.75) is 5.16 Å². The van der Waals surface area contributed by atoms with Crippen LogP contribution in [-0.2, 0) is 16.9 Å². The Labute approximate surface area is 72.5 Å². The summed E-state index contributed by atoms with van der Waals surface area (Å²) in [6, 6.07) is 0. The third-order valence-electron chi connectivity index (χ3n) is 1.02. The molecule has 1 aromatic rings. The average Bonchev–Trinajstić information content (AvgIpc) is 2.11. The molecule has 7 heteroatoms. The van der Waals surface area contributed by atoms with E-state index in [1.54, 1.807) is 7.05 Å². The van der Waals surface area contributed by atoms with Gasteiger partial charge in [0, 0.05) is 13.3 Å². The van der Waals surface area contributed by atoms with E-state index in [0.717, 1.165) is 6.26 Å². The van der Waals surface area contributed by atoms with Crippen LogP contribution in [0, 0.1) is 0 Å². The summed E-state index contributed by atoms with van der Waals surface area (Å²) in [5.41, 5.74) is 0. The van der Waals surface area contributed by atoms with Crippen molar-refractivity contribution < 1.29 is 8.42 Å². The van der Waals surface area contributed by atoms with Gasteiger partial charge in [-0.25, -0.2) is 13.1 Å². The fourth-order valence-electron chi connectivity index (χ4n) is 0.500. The number of aromatic nitrogens is 3. The first-order valence-corrected chi connectivity index (χ1v) is 5.36. The van der Waals surface area contributed by atoms with Gasteiger partial charge in [-0.1, -0.05) is 0 Å². The van der Waals surface area contributed by atoms with Crippen LogP contribution < -0.4 is 0 Å². The molecule has 1 heterocycles. The third-order valence-corrected chi connectivity index (χ3v) is 2.55. The lowest BCUT2D eigenvalue weighted by Gasteiger charge is -1.85. The number of halogens is 1. The lowest BCUT2D eigenvalue weighted by atomic mass is 11.2. The number of nitrogens with zero attached hydrogens (tertiary/aromatic N) is 3. The normalized spacial score (nSPS) is 11.9. The zero-order valence-electron chi connectivity index (χ0n) is 5.94. The molecular formula is C4H6BrN3O2S. The van der Waals surface area contributed by atoms with Gasteiger partial charge in [0.25, 0.3) is 5.16 Å². The molecule has 1 rings (SSSR count). The van der Waals surface area contributed by atoms with Crippen molar-refractivity contribution in [3.63, 3.8) is 0 Å². The molecule has 0 saturated heterocycles. The second kappa shape index (κ2) is 2.56. The van der Waals surface area contributed by atoms with Crippen molar-refractivity contribution in [3.8, 4) is 0 Å². The Morgan fingerprint density at radius 2 is 2.09 bits per heavy atom. The molecule has 0 N–H and O–H groups in total. The van der Waals surface area contributed by atoms with Crippen LogP contribution in [-0.4, -0.2) is 29.4 Å². The maximum absolute atomic E-state index is 10.8. The van der Waals surface area contributed by atoms with Crippen LogP contribution in [0.1, 0.15) is 0 Å². The first-order chi connectivity index (χ1) is 4.91. The number of sulfone groups is 1.